The lowest BCUT2D eigenvalue weighted by Gasteiger charge is -2.42. The summed E-state index contributed by atoms with van der Waals surface area (Å²) in [5.41, 5.74) is -4.72. The van der Waals surface area contributed by atoms with Gasteiger partial charge in [0.2, 0.25) is 5.91 Å². The van der Waals surface area contributed by atoms with Crippen molar-refractivity contribution in [3.8, 4) is 0 Å². The first-order valence-electron chi connectivity index (χ1n) is 23.8. The molecule has 20 nitrogen and oxygen atoms in total. The largest absolute Gasteiger partial charge is 0.464 e. The van der Waals surface area contributed by atoms with E-state index in [4.69, 9.17) is 37.9 Å². The van der Waals surface area contributed by atoms with Gasteiger partial charge in [0.05, 0.1) is 67.4 Å². The van der Waals surface area contributed by atoms with E-state index in [1.807, 2.05) is 44.1 Å². The Balaban J connectivity index is 2.08. The standard InChI is InChI=1S/C48H81N3O17S2/c1-11-46(6,42(58)65-27-25-62-23-22-61-24-26-63-40-37(50-34(3)54)39(56)38(55)35(30-52)68-40)17-18-48(8,44(60)67-31-33(2)53)32-47(7,16-15-45(4,5)41(57)64-21-20-51(9)10)43(59)66-28-29-69-70-36-14-12-13-19-49-36/h12-14,19,33,35,37-40,52-53,55-56H,11,15-18,20-32H2,1-10H3,(H,50,54)/t33?,35-,37-,38+,39-,40-,46?,47?,48?/m1/s1. The zero-order chi connectivity index (χ0) is 52.5. The zero-order valence-corrected chi connectivity index (χ0v) is 44.4. The first-order valence-corrected chi connectivity index (χ1v) is 26.1. The van der Waals surface area contributed by atoms with Crippen LogP contribution in [0.4, 0.5) is 0 Å². The van der Waals surface area contributed by atoms with Crippen molar-refractivity contribution in [2.24, 2.45) is 21.7 Å². The summed E-state index contributed by atoms with van der Waals surface area (Å²) in [4.78, 5) is 73.2. The van der Waals surface area contributed by atoms with Gasteiger partial charge in [-0.25, -0.2) is 4.98 Å². The first kappa shape index (κ1) is 63.0. The van der Waals surface area contributed by atoms with E-state index in [0.717, 1.165) is 5.03 Å². The number of hydrogen-bond acceptors (Lipinski definition) is 21. The molecule has 1 aliphatic heterocycles. The number of carbonyl (C=O) groups excluding carboxylic acids is 5. The van der Waals surface area contributed by atoms with Crippen molar-refractivity contribution in [3.63, 3.8) is 0 Å². The molecule has 4 unspecified atom stereocenters. The Morgan fingerprint density at radius 3 is 1.94 bits per heavy atom. The van der Waals surface area contributed by atoms with Crippen molar-refractivity contribution < 1.29 is 82.3 Å². The molecule has 1 fully saturated rings. The fourth-order valence-electron chi connectivity index (χ4n) is 7.31. The third kappa shape index (κ3) is 21.9. The summed E-state index contributed by atoms with van der Waals surface area (Å²) in [7, 11) is 6.68. The maximum Gasteiger partial charge on any atom is 0.311 e. The molecule has 70 heavy (non-hydrogen) atoms. The highest BCUT2D eigenvalue weighted by atomic mass is 33.1. The average Bonchev–Trinajstić information content (AvgIpc) is 3.31. The number of nitrogens with zero attached hydrogens (tertiary/aromatic N) is 2. The Hall–Kier alpha value is -3.16. The van der Waals surface area contributed by atoms with Crippen molar-refractivity contribution in [2.75, 3.05) is 92.5 Å². The number of amides is 1. The van der Waals surface area contributed by atoms with Crippen molar-refractivity contribution >= 4 is 51.4 Å². The molecule has 402 valence electrons. The normalized spacial score (nSPS) is 21.4. The number of carbonyl (C=O) groups is 5. The molecular formula is C48H81N3O17S2. The van der Waals surface area contributed by atoms with Gasteiger partial charge in [0.1, 0.15) is 55.8 Å². The van der Waals surface area contributed by atoms with E-state index < -0.39 is 94.8 Å². The molecule has 1 saturated heterocycles. The van der Waals surface area contributed by atoms with E-state index in [2.05, 4.69) is 10.3 Å². The maximum absolute atomic E-state index is 14.3. The molecule has 0 spiro atoms. The molecule has 0 aromatic carbocycles. The zero-order valence-electron chi connectivity index (χ0n) is 42.8. The highest BCUT2D eigenvalue weighted by Crippen LogP contribution is 2.46. The van der Waals surface area contributed by atoms with E-state index in [1.54, 1.807) is 40.8 Å². The fraction of sp³-hybridized carbons (Fsp3) is 0.792. The van der Waals surface area contributed by atoms with Gasteiger partial charge in [-0.15, -0.1) is 0 Å². The van der Waals surface area contributed by atoms with Crippen LogP contribution in [0.1, 0.15) is 93.9 Å². The summed E-state index contributed by atoms with van der Waals surface area (Å²) < 4.78 is 45.1. The first-order chi connectivity index (χ1) is 32.9. The summed E-state index contributed by atoms with van der Waals surface area (Å²) in [6, 6.07) is 4.52. The number of likely N-dealkylation sites (N-methyl/N-ethyl adjacent to an activating group) is 1. The molecule has 9 atom stereocenters. The third-order valence-electron chi connectivity index (χ3n) is 12.1. The van der Waals surface area contributed by atoms with Crippen LogP contribution in [0, 0.1) is 21.7 Å². The summed E-state index contributed by atoms with van der Waals surface area (Å²) in [5.74, 6) is -2.14. The lowest BCUT2D eigenvalue weighted by Crippen LogP contribution is -2.64. The third-order valence-corrected chi connectivity index (χ3v) is 14.4. The van der Waals surface area contributed by atoms with Crippen molar-refractivity contribution in [1.29, 1.82) is 0 Å². The van der Waals surface area contributed by atoms with Gasteiger partial charge in [0, 0.05) is 25.4 Å². The highest BCUT2D eigenvalue weighted by molar-refractivity contribution is 8.76. The minimum absolute atomic E-state index is 0.00588. The van der Waals surface area contributed by atoms with Gasteiger partial charge in [-0.2, -0.15) is 0 Å². The number of nitrogens with one attached hydrogen (secondary N) is 1. The number of ether oxygens (including phenoxy) is 8. The maximum atomic E-state index is 14.3. The monoisotopic (exact) mass is 1040 g/mol. The smallest absolute Gasteiger partial charge is 0.311 e. The Kier molecular flexibility index (Phi) is 28.3. The average molecular weight is 1040 g/mol. The Labute approximate surface area is 421 Å². The van der Waals surface area contributed by atoms with Gasteiger partial charge in [0.15, 0.2) is 6.29 Å². The molecule has 22 heteroatoms. The number of esters is 4. The SMILES string of the molecule is CCC(C)(CCC(C)(CC(C)(CCC(C)(C)C(=O)OCCN(C)C)C(=O)OCCSSc1ccccn1)C(=O)OCC(C)O)C(=O)OCCOCCOCCO[C@@H]1O[C@H](CO)[C@H](O)[C@H](O)[C@H]1NC(C)=O. The Morgan fingerprint density at radius 2 is 1.36 bits per heavy atom. The van der Waals surface area contributed by atoms with Crippen LogP contribution in [0.2, 0.25) is 0 Å². The van der Waals surface area contributed by atoms with Crippen molar-refractivity contribution in [3.05, 3.63) is 24.4 Å². The Bertz CT molecular complexity index is 1730. The molecule has 2 rings (SSSR count). The van der Waals surface area contributed by atoms with Crippen LogP contribution in [-0.4, -0.2) is 189 Å². The molecule has 1 aliphatic rings. The van der Waals surface area contributed by atoms with Crippen LogP contribution in [0.15, 0.2) is 29.4 Å². The number of hydrogen-bond donors (Lipinski definition) is 5. The number of aromatic nitrogens is 1. The van der Waals surface area contributed by atoms with Crippen LogP contribution in [0.5, 0.6) is 0 Å². The van der Waals surface area contributed by atoms with Gasteiger partial charge in [-0.05, 0) is 117 Å². The van der Waals surface area contributed by atoms with Gasteiger partial charge >= 0.3 is 23.9 Å². The molecule has 2 heterocycles. The molecule has 1 amide bonds. The molecule has 0 aliphatic carbocycles. The summed E-state index contributed by atoms with van der Waals surface area (Å²) >= 11 is 0. The van der Waals surface area contributed by atoms with E-state index in [-0.39, 0.29) is 91.6 Å². The quantitative estimate of drug-likeness (QED) is 0.0282. The van der Waals surface area contributed by atoms with Crippen LogP contribution >= 0.6 is 21.6 Å². The topological polar surface area (TPSA) is 268 Å². The van der Waals surface area contributed by atoms with Gasteiger partial charge in [-0.1, -0.05) is 23.8 Å². The highest BCUT2D eigenvalue weighted by Gasteiger charge is 2.49. The predicted octanol–water partition coefficient (Wildman–Crippen LogP) is 3.34. The second-order valence-electron chi connectivity index (χ2n) is 19.4. The Morgan fingerprint density at radius 1 is 0.786 bits per heavy atom. The second kappa shape index (κ2) is 31.4. The van der Waals surface area contributed by atoms with Gasteiger partial charge in [0.25, 0.3) is 0 Å². The number of aliphatic hydroxyl groups excluding tert-OH is 4. The van der Waals surface area contributed by atoms with Crippen LogP contribution in [0.25, 0.3) is 0 Å². The lowest BCUT2D eigenvalue weighted by atomic mass is 9.65. The molecule has 0 radical (unpaired) electrons. The molecule has 0 bridgehead atoms. The minimum Gasteiger partial charge on any atom is -0.464 e. The van der Waals surface area contributed by atoms with Gasteiger partial charge < -0.3 is 68.5 Å². The van der Waals surface area contributed by atoms with Crippen LogP contribution in [0.3, 0.4) is 0 Å². The molecular weight excluding hydrogens is 955 g/mol. The lowest BCUT2D eigenvalue weighted by molar-refractivity contribution is -0.272. The predicted molar refractivity (Wildman–Crippen MR) is 261 cm³/mol. The van der Waals surface area contributed by atoms with Crippen LogP contribution < -0.4 is 5.32 Å². The molecule has 1 aromatic rings. The van der Waals surface area contributed by atoms with E-state index >= 15 is 0 Å². The number of pyridine rings is 1. The number of aliphatic hydroxyl groups is 4. The summed E-state index contributed by atoms with van der Waals surface area (Å²) in [5, 5.41) is 43.5. The van der Waals surface area contributed by atoms with E-state index in [9.17, 15) is 44.4 Å². The summed E-state index contributed by atoms with van der Waals surface area (Å²) in [6.45, 7) is 13.6. The van der Waals surface area contributed by atoms with Gasteiger partial charge in [-0.3, -0.25) is 24.0 Å². The number of rotatable bonds is 35. The molecule has 5 N–H and O–H groups in total. The van der Waals surface area contributed by atoms with Crippen molar-refractivity contribution in [2.45, 2.75) is 136 Å². The second-order valence-corrected chi connectivity index (χ2v) is 21.8. The van der Waals surface area contributed by atoms with E-state index in [1.165, 1.54) is 35.4 Å². The molecule has 0 saturated carbocycles. The molecule has 1 aromatic heterocycles. The summed E-state index contributed by atoms with van der Waals surface area (Å²) in [6.07, 6.45) is -3.42. The van der Waals surface area contributed by atoms with E-state index in [0.29, 0.717) is 18.7 Å². The fourth-order valence-corrected chi connectivity index (χ4v) is 9.01. The van der Waals surface area contributed by atoms with Crippen LogP contribution in [-0.2, 0) is 61.9 Å². The van der Waals surface area contributed by atoms with Crippen molar-refractivity contribution in [1.82, 2.24) is 15.2 Å². The minimum atomic E-state index is -1.43.